The molecule has 7 nitrogen and oxygen atoms in total. The maximum atomic E-state index is 13.2. The van der Waals surface area contributed by atoms with Gasteiger partial charge in [-0.25, -0.2) is 13.9 Å². The third-order valence-electron chi connectivity index (χ3n) is 4.70. The minimum atomic E-state index is -4.01. The highest BCUT2D eigenvalue weighted by Gasteiger charge is 2.52. The number of nitrogens with one attached hydrogen (secondary N) is 1. The van der Waals surface area contributed by atoms with Gasteiger partial charge in [0.15, 0.2) is 14.6 Å². The molecule has 1 aliphatic rings. The molecule has 2 heterocycles. The summed E-state index contributed by atoms with van der Waals surface area (Å²) in [4.78, 5) is 16.6. The number of hydrogen-bond donors (Lipinski definition) is 2. The Bertz CT molecular complexity index is 886. The summed E-state index contributed by atoms with van der Waals surface area (Å²) in [6.45, 7) is 2.21. The van der Waals surface area contributed by atoms with Gasteiger partial charge in [-0.3, -0.25) is 15.0 Å². The number of aromatic nitrogens is 1. The second kappa shape index (κ2) is 7.14. The van der Waals surface area contributed by atoms with E-state index in [0.29, 0.717) is 0 Å². The molecule has 1 aromatic heterocycles. The van der Waals surface area contributed by atoms with Gasteiger partial charge in [0.1, 0.15) is 0 Å². The number of sulfone groups is 1. The van der Waals surface area contributed by atoms with E-state index in [9.17, 15) is 13.2 Å². The molecule has 1 amide bonds. The molecule has 2 N–H and O–H groups in total. The number of pyridine rings is 1. The third kappa shape index (κ3) is 3.11. The average molecular weight is 376 g/mol. The van der Waals surface area contributed by atoms with E-state index in [1.54, 1.807) is 18.3 Å². The predicted molar refractivity (Wildman–Crippen MR) is 94.3 cm³/mol. The Labute approximate surface area is 151 Å². The second-order valence-corrected chi connectivity index (χ2v) is 8.56. The number of rotatable bonds is 4. The van der Waals surface area contributed by atoms with Crippen LogP contribution in [0.4, 0.5) is 0 Å². The van der Waals surface area contributed by atoms with Gasteiger partial charge in [-0.15, -0.1) is 0 Å². The molecule has 3 rings (SSSR count). The number of ether oxygens (including phenoxy) is 1. The van der Waals surface area contributed by atoms with Crippen molar-refractivity contribution in [3.05, 3.63) is 48.2 Å². The molecule has 8 heteroatoms. The van der Waals surface area contributed by atoms with Crippen molar-refractivity contribution in [3.8, 4) is 11.3 Å². The van der Waals surface area contributed by atoms with Gasteiger partial charge in [0, 0.05) is 25.0 Å². The van der Waals surface area contributed by atoms with Crippen molar-refractivity contribution in [1.29, 1.82) is 0 Å². The molecular formula is C18H20N2O5S. The van der Waals surface area contributed by atoms with Crippen molar-refractivity contribution in [2.45, 2.75) is 29.4 Å². The van der Waals surface area contributed by atoms with Crippen LogP contribution in [0.5, 0.6) is 0 Å². The SMILES string of the molecule is Cc1ccc(-c2ccc(S(=O)(=O)C3(C(=O)NO)CCOCC3)cc2)nc1. The van der Waals surface area contributed by atoms with Gasteiger partial charge in [-0.1, -0.05) is 18.2 Å². The zero-order valence-corrected chi connectivity index (χ0v) is 15.1. The Hall–Kier alpha value is -2.29. The van der Waals surface area contributed by atoms with E-state index in [4.69, 9.17) is 9.94 Å². The number of hydroxylamine groups is 1. The summed E-state index contributed by atoms with van der Waals surface area (Å²) in [5.74, 6) is -0.926. The Morgan fingerprint density at radius 1 is 1.15 bits per heavy atom. The minimum absolute atomic E-state index is 0.0109. The van der Waals surface area contributed by atoms with Crippen LogP contribution in [0.2, 0.25) is 0 Å². The Morgan fingerprint density at radius 2 is 1.81 bits per heavy atom. The lowest BCUT2D eigenvalue weighted by atomic mass is 9.98. The standard InChI is InChI=1S/C18H20N2O5S/c1-13-2-7-16(19-12-13)14-3-5-15(6-4-14)26(23,24)18(17(21)20-22)8-10-25-11-9-18/h2-7,12,22H,8-11H2,1H3,(H,20,21). The number of aryl methyl sites for hydroxylation is 1. The topological polar surface area (TPSA) is 106 Å². The van der Waals surface area contributed by atoms with Crippen LogP contribution in [-0.4, -0.2) is 42.5 Å². The minimum Gasteiger partial charge on any atom is -0.381 e. The monoisotopic (exact) mass is 376 g/mol. The van der Waals surface area contributed by atoms with E-state index in [2.05, 4.69) is 4.98 Å². The van der Waals surface area contributed by atoms with Gasteiger partial charge in [-0.2, -0.15) is 0 Å². The smallest absolute Gasteiger partial charge is 0.265 e. The first-order valence-electron chi connectivity index (χ1n) is 8.21. The molecule has 1 fully saturated rings. The number of carbonyl (C=O) groups is 1. The van der Waals surface area contributed by atoms with Gasteiger partial charge < -0.3 is 4.74 Å². The molecule has 0 atom stereocenters. The van der Waals surface area contributed by atoms with Gasteiger partial charge in [-0.05, 0) is 43.5 Å². The number of hydrogen-bond acceptors (Lipinski definition) is 6. The average Bonchev–Trinajstić information content (AvgIpc) is 2.68. The van der Waals surface area contributed by atoms with Crippen molar-refractivity contribution in [2.75, 3.05) is 13.2 Å². The van der Waals surface area contributed by atoms with Crippen molar-refractivity contribution in [2.24, 2.45) is 0 Å². The van der Waals surface area contributed by atoms with Crippen LogP contribution in [0.3, 0.4) is 0 Å². The molecule has 0 bridgehead atoms. The second-order valence-electron chi connectivity index (χ2n) is 6.30. The first-order chi connectivity index (χ1) is 12.4. The van der Waals surface area contributed by atoms with Gasteiger partial charge in [0.2, 0.25) is 0 Å². The summed E-state index contributed by atoms with van der Waals surface area (Å²) in [7, 11) is -4.01. The summed E-state index contributed by atoms with van der Waals surface area (Å²) >= 11 is 0. The van der Waals surface area contributed by atoms with Crippen molar-refractivity contribution < 1.29 is 23.2 Å². The highest BCUT2D eigenvalue weighted by atomic mass is 32.2. The molecule has 0 unspecified atom stereocenters. The molecule has 0 saturated carbocycles. The summed E-state index contributed by atoms with van der Waals surface area (Å²) in [6, 6.07) is 10.0. The Morgan fingerprint density at radius 3 is 2.35 bits per heavy atom. The number of nitrogens with zero attached hydrogens (tertiary/aromatic N) is 1. The van der Waals surface area contributed by atoms with Gasteiger partial charge in [0.05, 0.1) is 10.6 Å². The lowest BCUT2D eigenvalue weighted by Crippen LogP contribution is -2.54. The van der Waals surface area contributed by atoms with E-state index in [0.717, 1.165) is 16.8 Å². The molecule has 26 heavy (non-hydrogen) atoms. The lowest BCUT2D eigenvalue weighted by Gasteiger charge is -2.34. The van der Waals surface area contributed by atoms with Crippen LogP contribution in [-0.2, 0) is 19.4 Å². The number of carbonyl (C=O) groups excluding carboxylic acids is 1. The van der Waals surface area contributed by atoms with Gasteiger partial charge >= 0.3 is 0 Å². The van der Waals surface area contributed by atoms with Crippen LogP contribution in [0.1, 0.15) is 18.4 Å². The van der Waals surface area contributed by atoms with Crippen LogP contribution < -0.4 is 5.48 Å². The normalized spacial score (nSPS) is 16.8. The van der Waals surface area contributed by atoms with Crippen LogP contribution in [0.25, 0.3) is 11.3 Å². The molecule has 0 aliphatic carbocycles. The molecule has 2 aromatic rings. The van der Waals surface area contributed by atoms with Gasteiger partial charge in [0.25, 0.3) is 5.91 Å². The number of benzene rings is 1. The van der Waals surface area contributed by atoms with Crippen LogP contribution in [0.15, 0.2) is 47.5 Å². The van der Waals surface area contributed by atoms with E-state index in [-0.39, 0.29) is 31.0 Å². The highest BCUT2D eigenvalue weighted by molar-refractivity contribution is 7.93. The molecule has 1 aromatic carbocycles. The fourth-order valence-corrected chi connectivity index (χ4v) is 5.03. The molecule has 1 saturated heterocycles. The van der Waals surface area contributed by atoms with E-state index in [1.807, 2.05) is 19.1 Å². The predicted octanol–water partition coefficient (Wildman–Crippen LogP) is 1.89. The van der Waals surface area contributed by atoms with E-state index in [1.165, 1.54) is 17.6 Å². The first-order valence-corrected chi connectivity index (χ1v) is 9.69. The first kappa shape index (κ1) is 18.5. The van der Waals surface area contributed by atoms with Crippen molar-refractivity contribution in [1.82, 2.24) is 10.5 Å². The summed E-state index contributed by atoms with van der Waals surface area (Å²) < 4.78 is 29.8. The largest absolute Gasteiger partial charge is 0.381 e. The summed E-state index contributed by atoms with van der Waals surface area (Å²) in [5.41, 5.74) is 4.05. The van der Waals surface area contributed by atoms with Crippen LogP contribution in [0, 0.1) is 6.92 Å². The molecule has 0 spiro atoms. The maximum absolute atomic E-state index is 13.2. The molecule has 0 radical (unpaired) electrons. The van der Waals surface area contributed by atoms with E-state index < -0.39 is 20.5 Å². The fraction of sp³-hybridized carbons (Fsp3) is 0.333. The fourth-order valence-electron chi connectivity index (χ4n) is 3.09. The molecule has 138 valence electrons. The highest BCUT2D eigenvalue weighted by Crippen LogP contribution is 2.35. The Balaban J connectivity index is 1.98. The van der Waals surface area contributed by atoms with Crippen LogP contribution >= 0.6 is 0 Å². The third-order valence-corrected chi connectivity index (χ3v) is 7.22. The molecule has 1 aliphatic heterocycles. The van der Waals surface area contributed by atoms with E-state index >= 15 is 0 Å². The molecular weight excluding hydrogens is 356 g/mol. The maximum Gasteiger partial charge on any atom is 0.265 e. The summed E-state index contributed by atoms with van der Waals surface area (Å²) in [5, 5.41) is 9.06. The van der Waals surface area contributed by atoms with Crippen molar-refractivity contribution in [3.63, 3.8) is 0 Å². The quantitative estimate of drug-likeness (QED) is 0.623. The van der Waals surface area contributed by atoms with Crippen molar-refractivity contribution >= 4 is 15.7 Å². The number of amides is 1. The zero-order valence-electron chi connectivity index (χ0n) is 14.3. The Kier molecular flexibility index (Phi) is 5.08. The summed E-state index contributed by atoms with van der Waals surface area (Å²) in [6.07, 6.45) is 1.72. The zero-order chi connectivity index (χ0) is 18.8. The lowest BCUT2D eigenvalue weighted by molar-refractivity contribution is -0.134.